The predicted molar refractivity (Wildman–Crippen MR) is 135 cm³/mol. The first-order valence-electron chi connectivity index (χ1n) is 11.7. The van der Waals surface area contributed by atoms with E-state index < -0.39 is 21.0 Å². The Balaban J connectivity index is 1.63. The first kappa shape index (κ1) is 24.9. The maximum atomic E-state index is 13.1. The van der Waals surface area contributed by atoms with Gasteiger partial charge in [-0.15, -0.1) is 0 Å². The molecule has 1 saturated heterocycles. The number of sulfonamides is 1. The average Bonchev–Trinajstić information content (AvgIpc) is 3.16. The van der Waals surface area contributed by atoms with Crippen molar-refractivity contribution in [3.63, 3.8) is 0 Å². The van der Waals surface area contributed by atoms with Crippen molar-refractivity contribution in [2.24, 2.45) is 0 Å². The number of nitro benzene ring substituents is 1. The minimum atomic E-state index is -3.57. The fraction of sp³-hybridized carbons (Fsp3) is 0.400. The largest absolute Gasteiger partial charge is 0.335 e. The van der Waals surface area contributed by atoms with Gasteiger partial charge in [-0.25, -0.2) is 8.42 Å². The van der Waals surface area contributed by atoms with Crippen LogP contribution in [0.4, 0.5) is 11.4 Å². The van der Waals surface area contributed by atoms with Crippen LogP contribution in [0.1, 0.15) is 48.9 Å². The third kappa shape index (κ3) is 4.68. The number of benzene rings is 2. The van der Waals surface area contributed by atoms with E-state index in [9.17, 15) is 23.3 Å². The molecule has 35 heavy (non-hydrogen) atoms. The maximum Gasteiger partial charge on any atom is 0.274 e. The molecule has 1 fully saturated rings. The number of rotatable bonds is 6. The molecule has 0 radical (unpaired) electrons. The molecule has 2 aromatic carbocycles. The molecular formula is C25H30N4O5S. The molecule has 0 aliphatic carbocycles. The highest BCUT2D eigenvalue weighted by atomic mass is 32.2. The summed E-state index contributed by atoms with van der Waals surface area (Å²) in [7, 11) is -3.57. The molecule has 10 heteroatoms. The number of nitro groups is 1. The van der Waals surface area contributed by atoms with Gasteiger partial charge >= 0.3 is 0 Å². The standard InChI is InChI=1S/C25H30N4O5S/c1-16-12-17(2)24(29(31)32)14-22(16)26-25(30)19(4)28-15-18(3)21-13-20(8-9-23(21)28)35(33,34)27-10-6-5-7-11-27/h8-9,12-15,19H,5-7,10-11H2,1-4H3,(H,26,30). The van der Waals surface area contributed by atoms with Gasteiger partial charge < -0.3 is 9.88 Å². The normalized spacial score (nSPS) is 15.8. The van der Waals surface area contributed by atoms with Crippen molar-refractivity contribution < 1.29 is 18.1 Å². The number of piperidine rings is 1. The number of carbonyl (C=O) groups is 1. The van der Waals surface area contributed by atoms with Crippen molar-refractivity contribution in [2.75, 3.05) is 18.4 Å². The van der Waals surface area contributed by atoms with Crippen molar-refractivity contribution >= 4 is 38.2 Å². The van der Waals surface area contributed by atoms with E-state index in [0.717, 1.165) is 41.3 Å². The van der Waals surface area contributed by atoms with Crippen LogP contribution in [-0.4, -0.2) is 41.2 Å². The van der Waals surface area contributed by atoms with Crippen LogP contribution < -0.4 is 5.32 Å². The van der Waals surface area contributed by atoms with E-state index in [1.54, 1.807) is 53.9 Å². The minimum Gasteiger partial charge on any atom is -0.335 e. The Morgan fingerprint density at radius 3 is 2.37 bits per heavy atom. The van der Waals surface area contributed by atoms with Crippen LogP contribution in [0.15, 0.2) is 41.4 Å². The highest BCUT2D eigenvalue weighted by Crippen LogP contribution is 2.31. The third-order valence-electron chi connectivity index (χ3n) is 6.75. The molecule has 1 aliphatic heterocycles. The van der Waals surface area contributed by atoms with E-state index in [1.807, 2.05) is 13.1 Å². The van der Waals surface area contributed by atoms with Crippen molar-refractivity contribution in [2.45, 2.75) is 57.9 Å². The third-order valence-corrected chi connectivity index (χ3v) is 8.65. The molecular weight excluding hydrogens is 468 g/mol. The number of fused-ring (bicyclic) bond motifs is 1. The molecule has 2 heterocycles. The number of anilines is 1. The highest BCUT2D eigenvalue weighted by Gasteiger charge is 2.27. The first-order valence-corrected chi connectivity index (χ1v) is 13.1. The topological polar surface area (TPSA) is 115 Å². The average molecular weight is 499 g/mol. The Morgan fingerprint density at radius 2 is 1.71 bits per heavy atom. The molecule has 1 N–H and O–H groups in total. The van der Waals surface area contributed by atoms with E-state index in [-0.39, 0.29) is 16.5 Å². The lowest BCUT2D eigenvalue weighted by molar-refractivity contribution is -0.385. The predicted octanol–water partition coefficient (Wildman–Crippen LogP) is 4.85. The Labute approximate surface area is 204 Å². The second-order valence-electron chi connectivity index (χ2n) is 9.24. The molecule has 3 aromatic rings. The van der Waals surface area contributed by atoms with Crippen molar-refractivity contribution in [1.82, 2.24) is 8.87 Å². The van der Waals surface area contributed by atoms with Gasteiger partial charge in [0.15, 0.2) is 0 Å². The van der Waals surface area contributed by atoms with Crippen molar-refractivity contribution in [1.29, 1.82) is 0 Å². The van der Waals surface area contributed by atoms with Gasteiger partial charge in [0.1, 0.15) is 6.04 Å². The second kappa shape index (κ2) is 9.43. The molecule has 1 atom stereocenters. The fourth-order valence-electron chi connectivity index (χ4n) is 4.67. The van der Waals surface area contributed by atoms with Gasteiger partial charge in [-0.3, -0.25) is 14.9 Å². The molecule has 0 spiro atoms. The molecule has 1 aromatic heterocycles. The van der Waals surface area contributed by atoms with Crippen LogP contribution >= 0.6 is 0 Å². The fourth-order valence-corrected chi connectivity index (χ4v) is 6.22. The van der Waals surface area contributed by atoms with Crippen LogP contribution in [0.2, 0.25) is 0 Å². The zero-order chi connectivity index (χ0) is 25.5. The van der Waals surface area contributed by atoms with Gasteiger partial charge in [0.05, 0.1) is 15.5 Å². The molecule has 4 rings (SSSR count). The lowest BCUT2D eigenvalue weighted by atomic mass is 10.1. The molecule has 1 aliphatic rings. The maximum absolute atomic E-state index is 13.1. The molecule has 0 bridgehead atoms. The van der Waals surface area contributed by atoms with E-state index in [0.29, 0.717) is 24.3 Å². The number of hydrogen-bond acceptors (Lipinski definition) is 5. The molecule has 9 nitrogen and oxygen atoms in total. The number of carbonyl (C=O) groups excluding carboxylic acids is 1. The Hall–Kier alpha value is -3.24. The molecule has 1 amide bonds. The lowest BCUT2D eigenvalue weighted by Gasteiger charge is -2.26. The second-order valence-corrected chi connectivity index (χ2v) is 11.2. The monoisotopic (exact) mass is 498 g/mol. The quantitative estimate of drug-likeness (QED) is 0.385. The van der Waals surface area contributed by atoms with Crippen LogP contribution in [0.3, 0.4) is 0 Å². The zero-order valence-corrected chi connectivity index (χ0v) is 21.2. The lowest BCUT2D eigenvalue weighted by Crippen LogP contribution is -2.35. The summed E-state index contributed by atoms with van der Waals surface area (Å²) in [4.78, 5) is 24.2. The van der Waals surface area contributed by atoms with Gasteiger partial charge in [0.2, 0.25) is 15.9 Å². The van der Waals surface area contributed by atoms with Crippen LogP contribution in [0, 0.1) is 30.9 Å². The molecule has 0 saturated carbocycles. The minimum absolute atomic E-state index is 0.0525. The first-order chi connectivity index (χ1) is 16.5. The van der Waals surface area contributed by atoms with Crippen LogP contribution in [0.25, 0.3) is 10.9 Å². The summed E-state index contributed by atoms with van der Waals surface area (Å²) >= 11 is 0. The molecule has 186 valence electrons. The Bertz CT molecular complexity index is 1420. The Morgan fingerprint density at radius 1 is 1.03 bits per heavy atom. The summed E-state index contributed by atoms with van der Waals surface area (Å²) in [6.45, 7) is 8.14. The summed E-state index contributed by atoms with van der Waals surface area (Å²) in [6, 6.07) is 7.45. The van der Waals surface area contributed by atoms with Gasteiger partial charge in [0.25, 0.3) is 5.69 Å². The van der Waals surface area contributed by atoms with Gasteiger partial charge in [-0.2, -0.15) is 4.31 Å². The smallest absolute Gasteiger partial charge is 0.274 e. The van der Waals surface area contributed by atoms with Crippen LogP contribution in [-0.2, 0) is 14.8 Å². The Kier molecular flexibility index (Phi) is 6.70. The number of nitrogens with zero attached hydrogens (tertiary/aromatic N) is 3. The van der Waals surface area contributed by atoms with Crippen molar-refractivity contribution in [3.05, 3.63) is 63.3 Å². The van der Waals surface area contributed by atoms with Crippen LogP contribution in [0.5, 0.6) is 0 Å². The number of nitrogens with one attached hydrogen (secondary N) is 1. The summed E-state index contributed by atoms with van der Waals surface area (Å²) in [5.74, 6) is -0.326. The number of aryl methyl sites for hydroxylation is 3. The van der Waals surface area contributed by atoms with E-state index in [1.165, 1.54) is 6.07 Å². The molecule has 1 unspecified atom stereocenters. The van der Waals surface area contributed by atoms with E-state index in [4.69, 9.17) is 0 Å². The van der Waals surface area contributed by atoms with Gasteiger partial charge in [0, 0.05) is 41.8 Å². The number of aromatic nitrogens is 1. The highest BCUT2D eigenvalue weighted by molar-refractivity contribution is 7.89. The van der Waals surface area contributed by atoms with Crippen molar-refractivity contribution in [3.8, 4) is 0 Å². The van der Waals surface area contributed by atoms with E-state index in [2.05, 4.69) is 5.32 Å². The summed E-state index contributed by atoms with van der Waals surface area (Å²) < 4.78 is 29.6. The summed E-state index contributed by atoms with van der Waals surface area (Å²) in [5.41, 5.74) is 3.20. The SMILES string of the molecule is Cc1cc(C)c([N+](=O)[O-])cc1NC(=O)C(C)n1cc(C)c2cc(S(=O)(=O)N3CCCCC3)ccc21. The van der Waals surface area contributed by atoms with Gasteiger partial charge in [-0.05, 0) is 75.9 Å². The summed E-state index contributed by atoms with van der Waals surface area (Å²) in [6.07, 6.45) is 4.61. The van der Waals surface area contributed by atoms with E-state index >= 15 is 0 Å². The van der Waals surface area contributed by atoms with Gasteiger partial charge in [-0.1, -0.05) is 6.42 Å². The number of hydrogen-bond donors (Lipinski definition) is 1. The summed E-state index contributed by atoms with van der Waals surface area (Å²) in [5, 5.41) is 14.9. The number of amides is 1. The zero-order valence-electron chi connectivity index (χ0n) is 20.4.